The second-order valence-corrected chi connectivity index (χ2v) is 19.3. The number of nitrogens with one attached hydrogen (secondary N) is 2. The third kappa shape index (κ3) is 7.30. The number of hydrogen-bond donors (Lipinski definition) is 4. The van der Waals surface area contributed by atoms with Crippen molar-refractivity contribution in [1.29, 1.82) is 0 Å². The number of hydrogen-bond acceptors (Lipinski definition) is 11. The summed E-state index contributed by atoms with van der Waals surface area (Å²) in [5.74, 6) is -2.02. The molecule has 0 spiro atoms. The first-order valence-electron chi connectivity index (χ1n) is 20.6. The number of carboxylic acids is 2. The van der Waals surface area contributed by atoms with E-state index in [4.69, 9.17) is 19.6 Å². The highest BCUT2D eigenvalue weighted by Crippen LogP contribution is 2.72. The standard InChI is InChI=1S/C45H51N7O7S/c1-27-31(18-47-52(27)26-44-21-42(2)20-43(3,22-44)24-45(23-42,25-44)59-17-15-46-4)29-12-13-35(49-37(29)40(56)57)51-16-14-28-30(8-7-10-33(28)58-19-36(53)54)38(51)39(55)50-41-48-32-9-5-6-11-34(32)60-41/h5-13,18,38,46H,14-17,19-26H2,1-4H3,(H,53,54)(H,56,57)(H,48,50,55). The normalized spacial score (nSPS) is 26.6. The van der Waals surface area contributed by atoms with E-state index in [0.29, 0.717) is 52.0 Å². The molecule has 1 aliphatic heterocycles. The van der Waals surface area contributed by atoms with E-state index in [2.05, 4.69) is 34.1 Å². The number of aromatic carboxylic acids is 1. The lowest BCUT2D eigenvalue weighted by Crippen LogP contribution is -2.64. The van der Waals surface area contributed by atoms with Gasteiger partial charge in [-0.05, 0) is 111 Å². The SMILES string of the molecule is CNCCOC12CC3(C)CC(C)(CC(Cn4ncc(-c5ccc(N6CCc7c(OCC(=O)O)cccc7C6C(=O)Nc6nc7ccccc7s6)nc5C(=O)O)c4C)(C3)C1)C2. The summed E-state index contributed by atoms with van der Waals surface area (Å²) in [6.45, 7) is 8.84. The number of carboxylic acid groups (broad SMARTS) is 2. The zero-order valence-corrected chi connectivity index (χ0v) is 35.2. The minimum atomic E-state index is -1.20. The molecule has 1 amide bonds. The van der Waals surface area contributed by atoms with E-state index in [0.717, 1.165) is 61.1 Å². The molecule has 4 heterocycles. The maximum absolute atomic E-state index is 14.4. The van der Waals surface area contributed by atoms with Gasteiger partial charge in [0.1, 0.15) is 17.6 Å². The molecule has 4 saturated carbocycles. The van der Waals surface area contributed by atoms with Crippen LogP contribution in [0.4, 0.5) is 10.9 Å². The number of carbonyl (C=O) groups is 3. The Morgan fingerprint density at radius 2 is 1.72 bits per heavy atom. The van der Waals surface area contributed by atoms with Crippen LogP contribution in [0.3, 0.4) is 0 Å². The molecule has 4 bridgehead atoms. The molecule has 2 aromatic carbocycles. The van der Waals surface area contributed by atoms with Crippen LogP contribution in [0.15, 0.2) is 60.8 Å². The van der Waals surface area contributed by atoms with Crippen molar-refractivity contribution < 1.29 is 34.1 Å². The van der Waals surface area contributed by atoms with Gasteiger partial charge in [0.25, 0.3) is 5.91 Å². The minimum Gasteiger partial charge on any atom is -0.482 e. The van der Waals surface area contributed by atoms with Gasteiger partial charge in [0.2, 0.25) is 0 Å². The van der Waals surface area contributed by atoms with Crippen molar-refractivity contribution in [3.05, 3.63) is 83.3 Å². The van der Waals surface area contributed by atoms with Crippen molar-refractivity contribution in [2.24, 2.45) is 16.2 Å². The summed E-state index contributed by atoms with van der Waals surface area (Å²) in [7, 11) is 1.96. The average Bonchev–Trinajstić information content (AvgIpc) is 3.76. The molecule has 314 valence electrons. The van der Waals surface area contributed by atoms with Crippen LogP contribution in [0.1, 0.15) is 85.7 Å². The summed E-state index contributed by atoms with van der Waals surface area (Å²) in [6.07, 6.45) is 8.72. The van der Waals surface area contributed by atoms with Crippen molar-refractivity contribution in [3.63, 3.8) is 0 Å². The maximum Gasteiger partial charge on any atom is 0.355 e. The minimum absolute atomic E-state index is 0.00765. The number of thiazole rings is 1. The Bertz CT molecular complexity index is 2460. The van der Waals surface area contributed by atoms with Crippen molar-refractivity contribution >= 4 is 50.3 Å². The zero-order chi connectivity index (χ0) is 42.0. The van der Waals surface area contributed by atoms with Crippen LogP contribution < -0.4 is 20.3 Å². The van der Waals surface area contributed by atoms with Gasteiger partial charge in [-0.25, -0.2) is 19.6 Å². The van der Waals surface area contributed by atoms with Gasteiger partial charge in [-0.15, -0.1) is 0 Å². The van der Waals surface area contributed by atoms with Gasteiger partial charge >= 0.3 is 11.9 Å². The molecular weight excluding hydrogens is 783 g/mol. The number of nitrogens with zero attached hydrogens (tertiary/aromatic N) is 5. The quantitative estimate of drug-likeness (QED) is 0.0834. The Morgan fingerprint density at radius 3 is 2.45 bits per heavy atom. The van der Waals surface area contributed by atoms with Crippen molar-refractivity contribution in [3.8, 4) is 16.9 Å². The van der Waals surface area contributed by atoms with E-state index < -0.39 is 30.5 Å². The fourth-order valence-electron chi connectivity index (χ4n) is 12.2. The molecule has 4 aliphatic carbocycles. The number of anilines is 2. The summed E-state index contributed by atoms with van der Waals surface area (Å²) < 4.78 is 15.4. The van der Waals surface area contributed by atoms with Gasteiger partial charge < -0.3 is 29.9 Å². The first kappa shape index (κ1) is 40.0. The largest absolute Gasteiger partial charge is 0.482 e. The number of rotatable bonds is 14. The van der Waals surface area contributed by atoms with E-state index >= 15 is 0 Å². The maximum atomic E-state index is 14.4. The molecule has 4 N–H and O–H groups in total. The fourth-order valence-corrected chi connectivity index (χ4v) is 13.1. The first-order valence-corrected chi connectivity index (χ1v) is 21.5. The smallest absolute Gasteiger partial charge is 0.355 e. The Morgan fingerprint density at radius 1 is 0.933 bits per heavy atom. The predicted molar refractivity (Wildman–Crippen MR) is 228 cm³/mol. The summed E-state index contributed by atoms with van der Waals surface area (Å²) in [5.41, 5.74) is 4.17. The lowest BCUT2D eigenvalue weighted by molar-refractivity contribution is -0.247. The predicted octanol–water partition coefficient (Wildman–Crippen LogP) is 7.12. The number of likely N-dealkylation sites (N-methyl/N-ethyl adjacent to an activating group) is 1. The lowest BCUT2D eigenvalue weighted by atomic mass is 9.39. The molecule has 3 aromatic heterocycles. The van der Waals surface area contributed by atoms with Gasteiger partial charge in [0, 0.05) is 42.0 Å². The number of aromatic nitrogens is 4. The third-order valence-corrected chi connectivity index (χ3v) is 14.1. The molecule has 0 saturated heterocycles. The molecule has 15 heteroatoms. The topological polar surface area (TPSA) is 181 Å². The number of pyridine rings is 1. The van der Waals surface area contributed by atoms with Crippen LogP contribution in [0.5, 0.6) is 5.75 Å². The number of fused-ring (bicyclic) bond motifs is 2. The number of aliphatic carboxylic acids is 1. The molecule has 4 fully saturated rings. The van der Waals surface area contributed by atoms with E-state index in [1.165, 1.54) is 17.8 Å². The van der Waals surface area contributed by atoms with Crippen LogP contribution in [0.2, 0.25) is 0 Å². The molecule has 10 rings (SSSR count). The third-order valence-electron chi connectivity index (χ3n) is 13.2. The van der Waals surface area contributed by atoms with Crippen molar-refractivity contribution in [1.82, 2.24) is 25.1 Å². The average molecular weight is 834 g/mol. The van der Waals surface area contributed by atoms with Crippen molar-refractivity contribution in [2.45, 2.75) is 83.9 Å². The molecule has 5 aromatic rings. The van der Waals surface area contributed by atoms with E-state index in [-0.39, 0.29) is 34.1 Å². The fraction of sp³-hybridized carbons (Fsp3) is 0.467. The molecule has 60 heavy (non-hydrogen) atoms. The monoisotopic (exact) mass is 833 g/mol. The van der Waals surface area contributed by atoms with Gasteiger partial charge in [0.05, 0.1) is 28.6 Å². The van der Waals surface area contributed by atoms with Gasteiger partial charge in [-0.3, -0.25) is 14.8 Å². The molecule has 14 nitrogen and oxygen atoms in total. The molecule has 0 radical (unpaired) electrons. The van der Waals surface area contributed by atoms with Crippen molar-refractivity contribution in [2.75, 3.05) is 43.6 Å². The first-order chi connectivity index (χ1) is 28.7. The number of benzene rings is 2. The second kappa shape index (κ2) is 15.0. The Labute approximate surface area is 352 Å². The summed E-state index contributed by atoms with van der Waals surface area (Å²) in [5, 5.41) is 31.6. The van der Waals surface area contributed by atoms with Gasteiger partial charge in [-0.2, -0.15) is 5.10 Å². The van der Waals surface area contributed by atoms with Crippen LogP contribution in [0, 0.1) is 23.2 Å². The summed E-state index contributed by atoms with van der Waals surface area (Å²) in [4.78, 5) is 50.1. The number of ether oxygens (including phenoxy) is 2. The highest BCUT2D eigenvalue weighted by atomic mass is 32.1. The van der Waals surface area contributed by atoms with Crippen LogP contribution in [-0.2, 0) is 27.3 Å². The Balaban J connectivity index is 1.04. The molecular formula is C45H51N7O7S. The number of amides is 1. The number of carbonyl (C=O) groups excluding carboxylic acids is 1. The van der Waals surface area contributed by atoms with E-state index in [9.17, 15) is 24.6 Å². The lowest BCUT2D eigenvalue weighted by Gasteiger charge is -2.69. The van der Waals surface area contributed by atoms with Crippen LogP contribution in [0.25, 0.3) is 21.3 Å². The highest BCUT2D eigenvalue weighted by molar-refractivity contribution is 7.22. The summed E-state index contributed by atoms with van der Waals surface area (Å²) >= 11 is 1.35. The molecule has 5 aliphatic rings. The van der Waals surface area contributed by atoms with Crippen LogP contribution in [-0.4, -0.2) is 86.8 Å². The highest BCUT2D eigenvalue weighted by Gasteiger charge is 2.66. The Kier molecular flexibility index (Phi) is 9.99. The molecule has 3 atom stereocenters. The Hall–Kier alpha value is -5.38. The number of para-hydroxylation sites is 1. The van der Waals surface area contributed by atoms with Gasteiger partial charge in [-0.1, -0.05) is 49.4 Å². The zero-order valence-electron chi connectivity index (χ0n) is 34.4. The van der Waals surface area contributed by atoms with E-state index in [1.807, 2.05) is 44.3 Å². The van der Waals surface area contributed by atoms with Gasteiger partial charge in [0.15, 0.2) is 17.4 Å². The van der Waals surface area contributed by atoms with Crippen LogP contribution >= 0.6 is 11.3 Å². The molecule has 3 unspecified atom stereocenters. The summed E-state index contributed by atoms with van der Waals surface area (Å²) in [6, 6.07) is 15.4. The second-order valence-electron chi connectivity index (χ2n) is 18.3. The van der Waals surface area contributed by atoms with E-state index in [1.54, 1.807) is 35.4 Å².